The van der Waals surface area contributed by atoms with E-state index in [4.69, 9.17) is 18.9 Å². The molecule has 0 saturated carbocycles. The first-order valence-corrected chi connectivity index (χ1v) is 10.3. The summed E-state index contributed by atoms with van der Waals surface area (Å²) in [5.41, 5.74) is 0.403. The maximum Gasteiger partial charge on any atom is 0.408 e. The third kappa shape index (κ3) is 8.55. The summed E-state index contributed by atoms with van der Waals surface area (Å²) in [6.07, 6.45) is -0.697. The van der Waals surface area contributed by atoms with E-state index in [9.17, 15) is 14.4 Å². The average Bonchev–Trinajstić information content (AvgIpc) is 3.15. The summed E-state index contributed by atoms with van der Waals surface area (Å²) in [5, 5.41) is 2.42. The maximum atomic E-state index is 12.6. The summed E-state index contributed by atoms with van der Waals surface area (Å²) in [5.74, 6) is -0.926. The van der Waals surface area contributed by atoms with Crippen LogP contribution in [0.5, 0.6) is 0 Å². The third-order valence-electron chi connectivity index (χ3n) is 4.53. The highest BCUT2D eigenvalue weighted by Gasteiger charge is 2.40. The summed E-state index contributed by atoms with van der Waals surface area (Å²) >= 11 is 0. The minimum atomic E-state index is -0.756. The molecule has 172 valence electrons. The molecule has 9 nitrogen and oxygen atoms in total. The summed E-state index contributed by atoms with van der Waals surface area (Å²) in [6, 6.07) is 9.04. The maximum absolute atomic E-state index is 12.6. The normalized spacial score (nSPS) is 18.5. The largest absolute Gasteiger partial charge is 0.467 e. The molecule has 1 aliphatic rings. The molecular weight excluding hydrogens is 404 g/mol. The lowest BCUT2D eigenvalue weighted by molar-refractivity contribution is -0.150. The molecule has 31 heavy (non-hydrogen) atoms. The Morgan fingerprint density at radius 2 is 1.84 bits per heavy atom. The molecule has 1 aromatic carbocycles. The molecule has 1 N–H and O–H groups in total. The highest BCUT2D eigenvalue weighted by Crippen LogP contribution is 2.22. The van der Waals surface area contributed by atoms with Crippen LogP contribution in [0.25, 0.3) is 0 Å². The van der Waals surface area contributed by atoms with Crippen molar-refractivity contribution >= 4 is 18.0 Å². The molecule has 9 heteroatoms. The predicted molar refractivity (Wildman–Crippen MR) is 112 cm³/mol. The molecule has 1 fully saturated rings. The molecule has 2 rings (SSSR count). The van der Waals surface area contributed by atoms with Crippen LogP contribution in [0.3, 0.4) is 0 Å². The second-order valence-electron chi connectivity index (χ2n) is 8.21. The lowest BCUT2D eigenvalue weighted by Crippen LogP contribution is -2.46. The quantitative estimate of drug-likeness (QED) is 0.466. The van der Waals surface area contributed by atoms with Crippen molar-refractivity contribution < 1.29 is 33.3 Å². The Hall–Kier alpha value is -2.65. The monoisotopic (exact) mass is 436 g/mol. The van der Waals surface area contributed by atoms with Crippen LogP contribution in [0.15, 0.2) is 30.3 Å². The number of rotatable bonds is 9. The number of hydrogen-bond acceptors (Lipinski definition) is 7. The number of carbonyl (C=O) groups is 3. The second kappa shape index (κ2) is 11.7. The average molecular weight is 437 g/mol. The van der Waals surface area contributed by atoms with Crippen LogP contribution in [0.4, 0.5) is 4.79 Å². The number of amides is 2. The lowest BCUT2D eigenvalue weighted by Gasteiger charge is -2.23. The van der Waals surface area contributed by atoms with Gasteiger partial charge in [-0.25, -0.2) is 9.59 Å². The summed E-state index contributed by atoms with van der Waals surface area (Å²) < 4.78 is 21.3. The number of nitrogens with one attached hydrogen (secondary N) is 1. The number of nitrogens with zero attached hydrogens (tertiary/aromatic N) is 1. The van der Waals surface area contributed by atoms with Crippen LogP contribution < -0.4 is 5.32 Å². The molecule has 2 atom stereocenters. The Labute approximate surface area is 183 Å². The number of esters is 1. The van der Waals surface area contributed by atoms with Gasteiger partial charge in [0.2, 0.25) is 5.91 Å². The van der Waals surface area contributed by atoms with E-state index in [1.165, 1.54) is 12.0 Å². The van der Waals surface area contributed by atoms with Crippen LogP contribution in [0.2, 0.25) is 0 Å². The fourth-order valence-corrected chi connectivity index (χ4v) is 3.15. The molecule has 1 heterocycles. The first-order valence-electron chi connectivity index (χ1n) is 10.3. The molecule has 0 radical (unpaired) electrons. The summed E-state index contributed by atoms with van der Waals surface area (Å²) in [6.45, 7) is 6.35. The minimum Gasteiger partial charge on any atom is -0.467 e. The highest BCUT2D eigenvalue weighted by atomic mass is 16.6. The standard InChI is InChI=1S/C22H32N2O7/c1-22(2,3)31-21(27)23-13-19(25)24-14-17(12-18(24)20(26)28-4)30-11-10-29-15-16-8-6-5-7-9-16/h5-9,17-18H,10-15H2,1-4H3,(H,23,27)/t17-,18+/m1/s1. The van der Waals surface area contributed by atoms with Gasteiger partial charge >= 0.3 is 12.1 Å². The van der Waals surface area contributed by atoms with Crippen LogP contribution in [0, 0.1) is 0 Å². The van der Waals surface area contributed by atoms with Gasteiger partial charge in [0, 0.05) is 13.0 Å². The van der Waals surface area contributed by atoms with E-state index in [1.54, 1.807) is 20.8 Å². The molecule has 2 amide bonds. The molecular formula is C22H32N2O7. The zero-order chi connectivity index (χ0) is 22.9. The Kier molecular flexibility index (Phi) is 9.26. The van der Waals surface area contributed by atoms with E-state index in [1.807, 2.05) is 30.3 Å². The first-order chi connectivity index (χ1) is 14.7. The Morgan fingerprint density at radius 1 is 1.13 bits per heavy atom. The molecule has 0 aliphatic carbocycles. The zero-order valence-electron chi connectivity index (χ0n) is 18.6. The van der Waals surface area contributed by atoms with Crippen molar-refractivity contribution in [1.29, 1.82) is 0 Å². The predicted octanol–water partition coefficient (Wildman–Crippen LogP) is 1.89. The number of alkyl carbamates (subject to hydrolysis) is 1. The molecule has 1 aromatic rings. The highest BCUT2D eigenvalue weighted by molar-refractivity contribution is 5.88. The van der Waals surface area contributed by atoms with Crippen molar-refractivity contribution in [3.63, 3.8) is 0 Å². The van der Waals surface area contributed by atoms with Crippen molar-refractivity contribution in [2.24, 2.45) is 0 Å². The molecule has 0 unspecified atom stereocenters. The SMILES string of the molecule is COC(=O)[C@@H]1C[C@@H](OCCOCc2ccccc2)CN1C(=O)CNC(=O)OC(C)(C)C. The van der Waals surface area contributed by atoms with Crippen LogP contribution in [-0.2, 0) is 35.1 Å². The van der Waals surface area contributed by atoms with Gasteiger partial charge < -0.3 is 29.2 Å². The molecule has 0 spiro atoms. The van der Waals surface area contributed by atoms with Crippen molar-refractivity contribution in [1.82, 2.24) is 10.2 Å². The Morgan fingerprint density at radius 3 is 2.48 bits per heavy atom. The van der Waals surface area contributed by atoms with E-state index < -0.39 is 29.6 Å². The van der Waals surface area contributed by atoms with Crippen LogP contribution in [0.1, 0.15) is 32.8 Å². The summed E-state index contributed by atoms with van der Waals surface area (Å²) in [7, 11) is 1.27. The zero-order valence-corrected chi connectivity index (χ0v) is 18.6. The van der Waals surface area contributed by atoms with Gasteiger partial charge in [0.15, 0.2) is 0 Å². The van der Waals surface area contributed by atoms with E-state index in [2.05, 4.69) is 5.32 Å². The van der Waals surface area contributed by atoms with Crippen molar-refractivity contribution in [3.05, 3.63) is 35.9 Å². The smallest absolute Gasteiger partial charge is 0.408 e. The molecule has 1 saturated heterocycles. The van der Waals surface area contributed by atoms with Gasteiger partial charge in [-0.2, -0.15) is 0 Å². The van der Waals surface area contributed by atoms with Crippen LogP contribution >= 0.6 is 0 Å². The Bertz CT molecular complexity index is 733. The van der Waals surface area contributed by atoms with E-state index in [0.29, 0.717) is 26.2 Å². The number of ether oxygens (including phenoxy) is 4. The van der Waals surface area contributed by atoms with Gasteiger partial charge in [-0.15, -0.1) is 0 Å². The van der Waals surface area contributed by atoms with Gasteiger partial charge in [-0.1, -0.05) is 30.3 Å². The van der Waals surface area contributed by atoms with E-state index in [-0.39, 0.29) is 19.2 Å². The van der Waals surface area contributed by atoms with Gasteiger partial charge in [-0.3, -0.25) is 4.79 Å². The number of hydrogen-bond donors (Lipinski definition) is 1. The van der Waals surface area contributed by atoms with Crippen LogP contribution in [-0.4, -0.2) is 74.0 Å². The number of carbonyl (C=O) groups excluding carboxylic acids is 3. The van der Waals surface area contributed by atoms with Crippen molar-refractivity contribution in [2.45, 2.75) is 51.5 Å². The fourth-order valence-electron chi connectivity index (χ4n) is 3.15. The first kappa shape index (κ1) is 24.6. The van der Waals surface area contributed by atoms with Crippen molar-refractivity contribution in [2.75, 3.05) is 33.4 Å². The number of methoxy groups -OCH3 is 1. The van der Waals surface area contributed by atoms with Gasteiger partial charge in [0.25, 0.3) is 0 Å². The molecule has 1 aliphatic heterocycles. The van der Waals surface area contributed by atoms with E-state index >= 15 is 0 Å². The third-order valence-corrected chi connectivity index (χ3v) is 4.53. The number of benzene rings is 1. The number of likely N-dealkylation sites (tertiary alicyclic amines) is 1. The second-order valence-corrected chi connectivity index (χ2v) is 8.21. The van der Waals surface area contributed by atoms with E-state index in [0.717, 1.165) is 5.56 Å². The minimum absolute atomic E-state index is 0.229. The van der Waals surface area contributed by atoms with Gasteiger partial charge in [0.1, 0.15) is 18.2 Å². The van der Waals surface area contributed by atoms with Gasteiger partial charge in [0.05, 0.1) is 33.0 Å². The van der Waals surface area contributed by atoms with Gasteiger partial charge in [-0.05, 0) is 26.3 Å². The summed E-state index contributed by atoms with van der Waals surface area (Å²) in [4.78, 5) is 37.9. The Balaban J connectivity index is 1.79. The fraction of sp³-hybridized carbons (Fsp3) is 0.591. The molecule has 0 bridgehead atoms. The molecule has 0 aromatic heterocycles. The van der Waals surface area contributed by atoms with Crippen molar-refractivity contribution in [3.8, 4) is 0 Å². The topological polar surface area (TPSA) is 103 Å². The lowest BCUT2D eigenvalue weighted by atomic mass is 10.2.